The molecule has 0 bridgehead atoms. The molecule has 2 N–H and O–H groups in total. The predicted octanol–water partition coefficient (Wildman–Crippen LogP) is 5.42. The molecule has 0 aliphatic rings. The Morgan fingerprint density at radius 3 is 2.41 bits per heavy atom. The lowest BCUT2D eigenvalue weighted by Crippen LogP contribution is -2.16. The highest BCUT2D eigenvalue weighted by Crippen LogP contribution is 2.25. The minimum Gasteiger partial charge on any atom is -0.360 e. The Balaban J connectivity index is 1.82. The van der Waals surface area contributed by atoms with Crippen LogP contribution in [-0.4, -0.2) is 5.91 Å². The zero-order valence-corrected chi connectivity index (χ0v) is 15.4. The molecule has 3 aromatic carbocycles. The highest BCUT2D eigenvalue weighted by Gasteiger charge is 2.13. The zero-order valence-electron chi connectivity index (χ0n) is 15.4. The number of anilines is 2. The van der Waals surface area contributed by atoms with Gasteiger partial charge in [-0.1, -0.05) is 68.4 Å². The molecule has 0 saturated carbocycles. The van der Waals surface area contributed by atoms with Crippen molar-refractivity contribution in [2.24, 2.45) is 0 Å². The molecule has 0 unspecified atom stereocenters. The van der Waals surface area contributed by atoms with Crippen LogP contribution in [0.1, 0.15) is 25.3 Å². The third kappa shape index (κ3) is 4.16. The first kappa shape index (κ1) is 18.2. The monoisotopic (exact) mass is 355 g/mol. The first-order valence-corrected chi connectivity index (χ1v) is 8.85. The molecule has 0 atom stereocenters. The third-order valence-electron chi connectivity index (χ3n) is 4.36. The average molecular weight is 355 g/mol. The Bertz CT molecular complexity index is 1040. The van der Waals surface area contributed by atoms with Gasteiger partial charge in [-0.25, -0.2) is 0 Å². The lowest BCUT2D eigenvalue weighted by Gasteiger charge is -2.13. The van der Waals surface area contributed by atoms with Gasteiger partial charge in [0, 0.05) is 23.0 Å². The number of benzene rings is 3. The van der Waals surface area contributed by atoms with Crippen molar-refractivity contribution in [2.75, 3.05) is 10.6 Å². The van der Waals surface area contributed by atoms with E-state index in [0.29, 0.717) is 0 Å². The minimum atomic E-state index is -0.432. The Morgan fingerprint density at radius 2 is 1.63 bits per heavy atom. The zero-order chi connectivity index (χ0) is 19.2. The van der Waals surface area contributed by atoms with Crippen LogP contribution >= 0.6 is 0 Å². The fourth-order valence-electron chi connectivity index (χ4n) is 2.95. The molecule has 3 aromatic rings. The van der Waals surface area contributed by atoms with E-state index < -0.39 is 5.91 Å². The van der Waals surface area contributed by atoms with Crippen LogP contribution in [0, 0.1) is 11.3 Å². The van der Waals surface area contributed by atoms with Crippen LogP contribution in [0.5, 0.6) is 0 Å². The Hall–Kier alpha value is -3.58. The summed E-state index contributed by atoms with van der Waals surface area (Å²) >= 11 is 0. The topological polar surface area (TPSA) is 64.9 Å². The molecular weight excluding hydrogens is 334 g/mol. The van der Waals surface area contributed by atoms with Crippen LogP contribution in [0.3, 0.4) is 0 Å². The summed E-state index contributed by atoms with van der Waals surface area (Å²) in [5.74, 6) is -0.164. The number of para-hydroxylation sites is 1. The molecule has 27 heavy (non-hydrogen) atoms. The third-order valence-corrected chi connectivity index (χ3v) is 4.36. The number of nitrogens with one attached hydrogen (secondary N) is 2. The van der Waals surface area contributed by atoms with Crippen molar-refractivity contribution in [2.45, 2.75) is 19.8 Å². The maximum Gasteiger partial charge on any atom is 0.267 e. The molecule has 0 radical (unpaired) electrons. The van der Waals surface area contributed by atoms with Gasteiger partial charge in [-0.05, 0) is 29.0 Å². The van der Waals surface area contributed by atoms with Gasteiger partial charge in [-0.3, -0.25) is 4.79 Å². The molecule has 0 fully saturated rings. The molecule has 4 heteroatoms. The van der Waals surface area contributed by atoms with Crippen LogP contribution in [0.25, 0.3) is 10.8 Å². The summed E-state index contributed by atoms with van der Waals surface area (Å²) in [6.45, 7) is 4.13. The van der Waals surface area contributed by atoms with Crippen LogP contribution in [0.4, 0.5) is 11.4 Å². The van der Waals surface area contributed by atoms with Crippen LogP contribution in [0.2, 0.25) is 0 Å². The van der Waals surface area contributed by atoms with Crippen molar-refractivity contribution in [3.8, 4) is 6.07 Å². The average Bonchev–Trinajstić information content (AvgIpc) is 2.68. The van der Waals surface area contributed by atoms with E-state index in [2.05, 4.69) is 24.5 Å². The van der Waals surface area contributed by atoms with E-state index in [1.165, 1.54) is 6.20 Å². The number of hydrogen-bond donors (Lipinski definition) is 2. The van der Waals surface area contributed by atoms with E-state index in [0.717, 1.165) is 27.7 Å². The molecule has 0 aliphatic carbocycles. The Kier molecular flexibility index (Phi) is 5.53. The molecule has 3 rings (SSSR count). The van der Waals surface area contributed by atoms with Crippen LogP contribution in [0.15, 0.2) is 78.5 Å². The summed E-state index contributed by atoms with van der Waals surface area (Å²) in [5.41, 5.74) is 2.62. The van der Waals surface area contributed by atoms with Crippen molar-refractivity contribution in [3.63, 3.8) is 0 Å². The molecule has 0 saturated heterocycles. The minimum absolute atomic E-state index is 0.0153. The highest BCUT2D eigenvalue weighted by molar-refractivity contribution is 6.07. The fraction of sp³-hybridized carbons (Fsp3) is 0.130. The molecular formula is C23H21N3O. The number of amides is 1. The summed E-state index contributed by atoms with van der Waals surface area (Å²) in [7, 11) is 0. The van der Waals surface area contributed by atoms with Gasteiger partial charge in [0.2, 0.25) is 0 Å². The molecule has 4 nitrogen and oxygen atoms in total. The smallest absolute Gasteiger partial charge is 0.267 e. The second kappa shape index (κ2) is 8.20. The quantitative estimate of drug-likeness (QED) is 0.474. The van der Waals surface area contributed by atoms with Gasteiger partial charge in [0.25, 0.3) is 5.91 Å². The molecule has 0 aliphatic heterocycles. The van der Waals surface area contributed by atoms with Crippen molar-refractivity contribution in [3.05, 3.63) is 84.1 Å². The van der Waals surface area contributed by atoms with Crippen LogP contribution in [-0.2, 0) is 4.79 Å². The molecule has 1 amide bonds. The number of nitriles is 1. The lowest BCUT2D eigenvalue weighted by molar-refractivity contribution is -0.112. The molecule has 0 spiro atoms. The van der Waals surface area contributed by atoms with Crippen molar-refractivity contribution in [1.82, 2.24) is 0 Å². The first-order valence-electron chi connectivity index (χ1n) is 8.85. The van der Waals surface area contributed by atoms with Gasteiger partial charge >= 0.3 is 0 Å². The van der Waals surface area contributed by atoms with Crippen LogP contribution < -0.4 is 10.6 Å². The van der Waals surface area contributed by atoms with Gasteiger partial charge in [-0.2, -0.15) is 5.26 Å². The Labute approximate surface area is 159 Å². The van der Waals surface area contributed by atoms with Gasteiger partial charge in [0.15, 0.2) is 0 Å². The molecule has 0 aromatic heterocycles. The first-order chi connectivity index (χ1) is 13.1. The molecule has 0 heterocycles. The lowest BCUT2D eigenvalue weighted by atomic mass is 10.0. The summed E-state index contributed by atoms with van der Waals surface area (Å²) in [4.78, 5) is 12.6. The van der Waals surface area contributed by atoms with E-state index in [9.17, 15) is 10.1 Å². The summed E-state index contributed by atoms with van der Waals surface area (Å²) < 4.78 is 0. The second-order valence-electron chi connectivity index (χ2n) is 6.54. The van der Waals surface area contributed by atoms with Crippen molar-refractivity contribution < 1.29 is 4.79 Å². The standard InChI is InChI=1S/C23H21N3O/c1-16(2)19-10-5-6-12-22(19)26-23(27)18(14-24)15-25-21-13-7-9-17-8-3-4-11-20(17)21/h3-13,15-16,25H,1-2H3,(H,26,27)/b18-15-. The molecule has 134 valence electrons. The number of carbonyl (C=O) groups is 1. The van der Waals surface area contributed by atoms with E-state index in [-0.39, 0.29) is 11.5 Å². The normalized spacial score (nSPS) is 11.3. The summed E-state index contributed by atoms with van der Waals surface area (Å²) in [6.07, 6.45) is 1.45. The number of carbonyl (C=O) groups excluding carboxylic acids is 1. The number of nitrogens with zero attached hydrogens (tertiary/aromatic N) is 1. The SMILES string of the molecule is CC(C)c1ccccc1NC(=O)/C(C#N)=C\Nc1cccc2ccccc12. The van der Waals surface area contributed by atoms with Gasteiger partial charge in [0.05, 0.1) is 0 Å². The summed E-state index contributed by atoms with van der Waals surface area (Å²) in [5, 5.41) is 17.5. The van der Waals surface area contributed by atoms with Crippen molar-refractivity contribution in [1.29, 1.82) is 5.26 Å². The summed E-state index contributed by atoms with van der Waals surface area (Å²) in [6, 6.07) is 23.4. The van der Waals surface area contributed by atoms with Crippen molar-refractivity contribution >= 4 is 28.1 Å². The van der Waals surface area contributed by atoms with E-state index in [1.807, 2.05) is 72.8 Å². The number of hydrogen-bond acceptors (Lipinski definition) is 3. The predicted molar refractivity (Wildman–Crippen MR) is 110 cm³/mol. The highest BCUT2D eigenvalue weighted by atomic mass is 16.1. The van der Waals surface area contributed by atoms with Gasteiger partial charge in [-0.15, -0.1) is 0 Å². The second-order valence-corrected chi connectivity index (χ2v) is 6.54. The maximum absolute atomic E-state index is 12.6. The Morgan fingerprint density at radius 1 is 0.963 bits per heavy atom. The number of rotatable bonds is 5. The largest absolute Gasteiger partial charge is 0.360 e. The van der Waals surface area contributed by atoms with E-state index >= 15 is 0 Å². The van der Waals surface area contributed by atoms with E-state index in [4.69, 9.17) is 0 Å². The maximum atomic E-state index is 12.6. The fourth-order valence-corrected chi connectivity index (χ4v) is 2.95. The van der Waals surface area contributed by atoms with Gasteiger partial charge < -0.3 is 10.6 Å². The number of fused-ring (bicyclic) bond motifs is 1. The van der Waals surface area contributed by atoms with E-state index in [1.54, 1.807) is 0 Å². The van der Waals surface area contributed by atoms with Gasteiger partial charge in [0.1, 0.15) is 11.6 Å².